The monoisotopic (exact) mass is 277 g/mol. The predicted molar refractivity (Wildman–Crippen MR) is 85.3 cm³/mol. The van der Waals surface area contributed by atoms with E-state index in [0.29, 0.717) is 6.04 Å². The van der Waals surface area contributed by atoms with Gasteiger partial charge in [0.05, 0.1) is 21.1 Å². The van der Waals surface area contributed by atoms with E-state index in [1.807, 2.05) is 6.07 Å². The van der Waals surface area contributed by atoms with Crippen molar-refractivity contribution in [1.29, 1.82) is 0 Å². The number of benzene rings is 1. The van der Waals surface area contributed by atoms with E-state index in [1.54, 1.807) is 0 Å². The van der Waals surface area contributed by atoms with Gasteiger partial charge in [-0.15, -0.1) is 0 Å². The van der Waals surface area contributed by atoms with Crippen LogP contribution in [0.15, 0.2) is 24.3 Å². The molecule has 0 atom stereocenters. The van der Waals surface area contributed by atoms with E-state index in [0.717, 1.165) is 23.4 Å². The third-order valence-corrected chi connectivity index (χ3v) is 3.84. The van der Waals surface area contributed by atoms with Gasteiger partial charge in [0.1, 0.15) is 18.9 Å². The fourth-order valence-electron chi connectivity index (χ4n) is 2.60. The first-order chi connectivity index (χ1) is 9.53. The van der Waals surface area contributed by atoms with Gasteiger partial charge in [-0.2, -0.15) is 0 Å². The molecule has 1 aromatic rings. The van der Waals surface area contributed by atoms with Crippen molar-refractivity contribution < 1.29 is 9.22 Å². The Labute approximate surface area is 123 Å². The number of ether oxygens (including phenoxy) is 1. The summed E-state index contributed by atoms with van der Waals surface area (Å²) in [6.45, 7) is 1.77. The van der Waals surface area contributed by atoms with E-state index < -0.39 is 0 Å². The lowest BCUT2D eigenvalue weighted by molar-refractivity contribution is -0.870. The lowest BCUT2D eigenvalue weighted by Gasteiger charge is -2.25. The normalized spacial score (nSPS) is 16.9. The van der Waals surface area contributed by atoms with E-state index in [2.05, 4.69) is 44.7 Å². The number of nitrogens with zero attached hydrogens (tertiary/aromatic N) is 1. The number of likely N-dealkylation sites (N-methyl/N-ethyl adjacent to an activating group) is 1. The van der Waals surface area contributed by atoms with Crippen molar-refractivity contribution in [2.24, 2.45) is 0 Å². The number of rotatable bonds is 6. The van der Waals surface area contributed by atoms with Gasteiger partial charge in [0.15, 0.2) is 0 Å². The molecule has 0 aromatic heterocycles. The van der Waals surface area contributed by atoms with E-state index in [-0.39, 0.29) is 0 Å². The van der Waals surface area contributed by atoms with Crippen LogP contribution in [0.5, 0.6) is 5.75 Å². The second-order valence-corrected chi connectivity index (χ2v) is 6.87. The maximum atomic E-state index is 5.86. The maximum Gasteiger partial charge on any atom is 0.137 e. The second kappa shape index (κ2) is 6.98. The van der Waals surface area contributed by atoms with Gasteiger partial charge >= 0.3 is 0 Å². The third kappa shape index (κ3) is 5.41. The van der Waals surface area contributed by atoms with Crippen molar-refractivity contribution in [3.63, 3.8) is 0 Å². The third-order valence-electron chi connectivity index (χ3n) is 3.84. The first-order valence-corrected chi connectivity index (χ1v) is 7.83. The highest BCUT2D eigenvalue weighted by atomic mass is 16.5. The van der Waals surface area contributed by atoms with E-state index in [9.17, 15) is 0 Å². The largest absolute Gasteiger partial charge is 0.488 e. The molecule has 0 unspecified atom stereocenters. The van der Waals surface area contributed by atoms with Crippen LogP contribution in [0.4, 0.5) is 5.69 Å². The number of hydrogen-bond donors (Lipinski definition) is 1. The van der Waals surface area contributed by atoms with Crippen LogP contribution in [0.25, 0.3) is 0 Å². The highest BCUT2D eigenvalue weighted by Gasteiger charge is 2.13. The fourth-order valence-corrected chi connectivity index (χ4v) is 2.60. The minimum absolute atomic E-state index is 0.644. The van der Waals surface area contributed by atoms with Crippen LogP contribution in [0, 0.1) is 0 Å². The van der Waals surface area contributed by atoms with Crippen LogP contribution in [0.3, 0.4) is 0 Å². The SMILES string of the molecule is C[N+](C)(C)CCOc1cccc(NC2CCCCC2)c1. The molecule has 0 aliphatic heterocycles. The van der Waals surface area contributed by atoms with Gasteiger partial charge in [-0.25, -0.2) is 0 Å². The molecule has 1 aliphatic carbocycles. The first kappa shape index (κ1) is 15.2. The average Bonchev–Trinajstić information content (AvgIpc) is 2.39. The van der Waals surface area contributed by atoms with Crippen LogP contribution in [0.1, 0.15) is 32.1 Å². The summed E-state index contributed by atoms with van der Waals surface area (Å²) in [6.07, 6.45) is 6.71. The number of quaternary nitrogens is 1. The molecule has 1 aromatic carbocycles. The van der Waals surface area contributed by atoms with Crippen molar-refractivity contribution in [1.82, 2.24) is 0 Å². The van der Waals surface area contributed by atoms with Gasteiger partial charge in [-0.05, 0) is 25.0 Å². The van der Waals surface area contributed by atoms with E-state index in [4.69, 9.17) is 4.74 Å². The van der Waals surface area contributed by atoms with E-state index in [1.165, 1.54) is 37.8 Å². The first-order valence-electron chi connectivity index (χ1n) is 7.83. The topological polar surface area (TPSA) is 21.3 Å². The summed E-state index contributed by atoms with van der Waals surface area (Å²) < 4.78 is 6.79. The Bertz CT molecular complexity index is 406. The quantitative estimate of drug-likeness (QED) is 0.803. The second-order valence-electron chi connectivity index (χ2n) is 6.87. The zero-order valence-electron chi connectivity index (χ0n) is 13.2. The summed E-state index contributed by atoms with van der Waals surface area (Å²) in [4.78, 5) is 0. The molecule has 0 saturated heterocycles. The highest BCUT2D eigenvalue weighted by molar-refractivity contribution is 5.48. The van der Waals surface area contributed by atoms with Gasteiger partial charge in [-0.3, -0.25) is 0 Å². The summed E-state index contributed by atoms with van der Waals surface area (Å²) in [6, 6.07) is 9.03. The standard InChI is InChI=1S/C17H29N2O/c1-19(2,3)12-13-20-17-11-7-10-16(14-17)18-15-8-5-4-6-9-15/h7,10-11,14-15,18H,4-6,8-9,12-13H2,1-3H3/q+1. The zero-order chi connectivity index (χ0) is 14.4. The zero-order valence-corrected chi connectivity index (χ0v) is 13.2. The van der Waals surface area contributed by atoms with Crippen LogP contribution >= 0.6 is 0 Å². The molecular formula is C17H29N2O+. The Morgan fingerprint density at radius 1 is 1.15 bits per heavy atom. The van der Waals surface area contributed by atoms with Crippen LogP contribution < -0.4 is 10.1 Å². The number of anilines is 1. The molecule has 1 aliphatic rings. The molecule has 1 fully saturated rings. The summed E-state index contributed by atoms with van der Waals surface area (Å²) in [7, 11) is 6.55. The van der Waals surface area contributed by atoms with Gasteiger partial charge in [0, 0.05) is 17.8 Å². The van der Waals surface area contributed by atoms with Gasteiger partial charge in [0.25, 0.3) is 0 Å². The molecule has 0 bridgehead atoms. The number of nitrogens with one attached hydrogen (secondary N) is 1. The molecule has 0 amide bonds. The molecule has 2 rings (SSSR count). The predicted octanol–water partition coefficient (Wildman–Crippen LogP) is 3.52. The molecule has 1 saturated carbocycles. The van der Waals surface area contributed by atoms with Gasteiger partial charge in [0.2, 0.25) is 0 Å². The lowest BCUT2D eigenvalue weighted by atomic mass is 9.95. The molecule has 20 heavy (non-hydrogen) atoms. The van der Waals surface area contributed by atoms with Crippen molar-refractivity contribution >= 4 is 5.69 Å². The molecule has 3 heteroatoms. The van der Waals surface area contributed by atoms with Crippen LogP contribution in [-0.2, 0) is 0 Å². The highest BCUT2D eigenvalue weighted by Crippen LogP contribution is 2.24. The molecule has 112 valence electrons. The molecule has 0 spiro atoms. The van der Waals surface area contributed by atoms with Crippen LogP contribution in [-0.4, -0.2) is 44.8 Å². The summed E-state index contributed by atoms with van der Waals surface area (Å²) in [5, 5.41) is 3.64. The Kier molecular flexibility index (Phi) is 5.30. The Morgan fingerprint density at radius 3 is 2.60 bits per heavy atom. The number of hydrogen-bond acceptors (Lipinski definition) is 2. The van der Waals surface area contributed by atoms with Crippen LogP contribution in [0.2, 0.25) is 0 Å². The van der Waals surface area contributed by atoms with Crippen molar-refractivity contribution in [3.8, 4) is 5.75 Å². The van der Waals surface area contributed by atoms with Gasteiger partial charge in [-0.1, -0.05) is 25.3 Å². The molecule has 0 radical (unpaired) electrons. The fraction of sp³-hybridized carbons (Fsp3) is 0.647. The maximum absolute atomic E-state index is 5.86. The molecule has 1 N–H and O–H groups in total. The average molecular weight is 277 g/mol. The minimum atomic E-state index is 0.644. The van der Waals surface area contributed by atoms with Crippen molar-refractivity contribution in [2.75, 3.05) is 39.6 Å². The lowest BCUT2D eigenvalue weighted by Crippen LogP contribution is -2.38. The Balaban J connectivity index is 1.84. The summed E-state index contributed by atoms with van der Waals surface area (Å²) in [5.41, 5.74) is 1.19. The minimum Gasteiger partial charge on any atom is -0.488 e. The Morgan fingerprint density at radius 2 is 1.90 bits per heavy atom. The van der Waals surface area contributed by atoms with E-state index >= 15 is 0 Å². The molecule has 3 nitrogen and oxygen atoms in total. The molecular weight excluding hydrogens is 248 g/mol. The van der Waals surface area contributed by atoms with Crippen molar-refractivity contribution in [3.05, 3.63) is 24.3 Å². The van der Waals surface area contributed by atoms with Gasteiger partial charge < -0.3 is 14.5 Å². The smallest absolute Gasteiger partial charge is 0.137 e. The van der Waals surface area contributed by atoms with Crippen molar-refractivity contribution in [2.45, 2.75) is 38.1 Å². The Hall–Kier alpha value is -1.22. The molecule has 0 heterocycles. The summed E-state index contributed by atoms with van der Waals surface area (Å²) in [5.74, 6) is 0.972. The summed E-state index contributed by atoms with van der Waals surface area (Å²) >= 11 is 0.